The van der Waals surface area contributed by atoms with Crippen LogP contribution in [0.1, 0.15) is 19.8 Å². The summed E-state index contributed by atoms with van der Waals surface area (Å²) in [6.45, 7) is 5.77. The summed E-state index contributed by atoms with van der Waals surface area (Å²) in [7, 11) is 0. The summed E-state index contributed by atoms with van der Waals surface area (Å²) in [4.78, 5) is 27.1. The Labute approximate surface area is 107 Å². The van der Waals surface area contributed by atoms with E-state index < -0.39 is 0 Å². The van der Waals surface area contributed by atoms with E-state index >= 15 is 0 Å². The summed E-state index contributed by atoms with van der Waals surface area (Å²) >= 11 is 0. The molecular formula is C12H21N3O3. The van der Waals surface area contributed by atoms with Gasteiger partial charge in [0.1, 0.15) is 0 Å². The summed E-state index contributed by atoms with van der Waals surface area (Å²) in [6, 6.07) is 0.0601. The molecule has 2 rings (SSSR count). The third-order valence-corrected chi connectivity index (χ3v) is 3.47. The van der Waals surface area contributed by atoms with Crippen LogP contribution in [-0.4, -0.2) is 67.2 Å². The normalized spacial score (nSPS) is 24.2. The summed E-state index contributed by atoms with van der Waals surface area (Å²) in [6.07, 6.45) is 1.38. The molecule has 1 unspecified atom stereocenters. The molecule has 0 aromatic carbocycles. The molecule has 2 saturated heterocycles. The second-order valence-electron chi connectivity index (χ2n) is 4.73. The Morgan fingerprint density at radius 3 is 2.61 bits per heavy atom. The lowest BCUT2D eigenvalue weighted by molar-refractivity contribution is -0.129. The molecule has 1 atom stereocenters. The number of ether oxygens (including phenoxy) is 1. The van der Waals surface area contributed by atoms with Crippen LogP contribution in [0.25, 0.3) is 0 Å². The Hall–Kier alpha value is -1.30. The monoisotopic (exact) mass is 255 g/mol. The summed E-state index contributed by atoms with van der Waals surface area (Å²) in [5, 5.41) is 3.00. The van der Waals surface area contributed by atoms with Crippen molar-refractivity contribution in [3.05, 3.63) is 0 Å². The minimum Gasteiger partial charge on any atom is -0.378 e. The zero-order valence-electron chi connectivity index (χ0n) is 10.9. The molecule has 0 spiro atoms. The molecule has 1 N–H and O–H groups in total. The molecular weight excluding hydrogens is 234 g/mol. The van der Waals surface area contributed by atoms with Gasteiger partial charge in [0.2, 0.25) is 5.91 Å². The third-order valence-electron chi connectivity index (χ3n) is 3.47. The number of nitrogens with zero attached hydrogens (tertiary/aromatic N) is 2. The fraction of sp³-hybridized carbons (Fsp3) is 0.833. The van der Waals surface area contributed by atoms with Gasteiger partial charge in [-0.3, -0.25) is 4.79 Å². The van der Waals surface area contributed by atoms with E-state index in [4.69, 9.17) is 4.74 Å². The Morgan fingerprint density at radius 2 is 1.94 bits per heavy atom. The van der Waals surface area contributed by atoms with E-state index in [9.17, 15) is 9.59 Å². The zero-order chi connectivity index (χ0) is 13.0. The molecule has 0 aliphatic carbocycles. The van der Waals surface area contributed by atoms with Crippen molar-refractivity contribution in [1.29, 1.82) is 0 Å². The lowest BCUT2D eigenvalue weighted by Crippen LogP contribution is -2.49. The van der Waals surface area contributed by atoms with Gasteiger partial charge in [-0.25, -0.2) is 4.79 Å². The van der Waals surface area contributed by atoms with Crippen LogP contribution in [-0.2, 0) is 9.53 Å². The smallest absolute Gasteiger partial charge is 0.317 e. The topological polar surface area (TPSA) is 61.9 Å². The molecule has 0 aromatic rings. The molecule has 6 nitrogen and oxygen atoms in total. The molecule has 2 heterocycles. The molecule has 0 radical (unpaired) electrons. The standard InChI is InChI=1S/C12H21N3O3/c1-2-11(16)15-4-3-10(9-15)13-12(17)14-5-7-18-8-6-14/h10H,2-9H2,1H3,(H,13,17). The first kappa shape index (κ1) is 13.1. The van der Waals surface area contributed by atoms with Crippen LogP contribution in [0.4, 0.5) is 4.79 Å². The number of nitrogens with one attached hydrogen (secondary N) is 1. The van der Waals surface area contributed by atoms with E-state index in [2.05, 4.69) is 5.32 Å². The van der Waals surface area contributed by atoms with Gasteiger partial charge in [0.05, 0.1) is 13.2 Å². The number of carbonyl (C=O) groups is 2. The van der Waals surface area contributed by atoms with Gasteiger partial charge < -0.3 is 19.9 Å². The number of likely N-dealkylation sites (tertiary alicyclic amines) is 1. The van der Waals surface area contributed by atoms with Crippen LogP contribution >= 0.6 is 0 Å². The zero-order valence-corrected chi connectivity index (χ0v) is 10.9. The average molecular weight is 255 g/mol. The molecule has 18 heavy (non-hydrogen) atoms. The van der Waals surface area contributed by atoms with Crippen LogP contribution in [0, 0.1) is 0 Å². The van der Waals surface area contributed by atoms with Crippen molar-refractivity contribution in [3.63, 3.8) is 0 Å². The molecule has 2 aliphatic rings. The first-order chi connectivity index (χ1) is 8.70. The molecule has 3 amide bonds. The number of amides is 3. The van der Waals surface area contributed by atoms with Crippen LogP contribution in [0.15, 0.2) is 0 Å². The second kappa shape index (κ2) is 6.04. The number of hydrogen-bond donors (Lipinski definition) is 1. The lowest BCUT2D eigenvalue weighted by Gasteiger charge is -2.28. The summed E-state index contributed by atoms with van der Waals surface area (Å²) in [5.41, 5.74) is 0. The summed E-state index contributed by atoms with van der Waals surface area (Å²) in [5.74, 6) is 0.165. The van der Waals surface area contributed by atoms with Crippen LogP contribution in [0.2, 0.25) is 0 Å². The van der Waals surface area contributed by atoms with Crippen molar-refractivity contribution >= 4 is 11.9 Å². The van der Waals surface area contributed by atoms with Crippen molar-refractivity contribution in [2.45, 2.75) is 25.8 Å². The number of morpholine rings is 1. The van der Waals surface area contributed by atoms with Gasteiger partial charge in [0.15, 0.2) is 0 Å². The molecule has 0 bridgehead atoms. The van der Waals surface area contributed by atoms with E-state index in [0.717, 1.165) is 13.0 Å². The third kappa shape index (κ3) is 3.13. The lowest BCUT2D eigenvalue weighted by atomic mass is 10.3. The summed E-state index contributed by atoms with van der Waals surface area (Å²) < 4.78 is 5.21. The largest absolute Gasteiger partial charge is 0.378 e. The molecule has 6 heteroatoms. The van der Waals surface area contributed by atoms with Gasteiger partial charge in [0.25, 0.3) is 0 Å². The highest BCUT2D eigenvalue weighted by molar-refractivity contribution is 5.77. The number of hydrogen-bond acceptors (Lipinski definition) is 3. The van der Waals surface area contributed by atoms with E-state index in [1.807, 2.05) is 11.8 Å². The van der Waals surface area contributed by atoms with E-state index in [1.165, 1.54) is 0 Å². The maximum atomic E-state index is 12.0. The number of urea groups is 1. The van der Waals surface area contributed by atoms with Gasteiger partial charge in [0, 0.05) is 38.6 Å². The molecule has 0 saturated carbocycles. The Balaban J connectivity index is 1.76. The molecule has 102 valence electrons. The Bertz CT molecular complexity index is 316. The second-order valence-corrected chi connectivity index (χ2v) is 4.73. The minimum atomic E-state index is -0.0332. The van der Waals surface area contributed by atoms with Crippen molar-refractivity contribution < 1.29 is 14.3 Å². The maximum Gasteiger partial charge on any atom is 0.317 e. The molecule has 2 aliphatic heterocycles. The predicted molar refractivity (Wildman–Crippen MR) is 66.2 cm³/mol. The first-order valence-electron chi connectivity index (χ1n) is 6.61. The van der Waals surface area contributed by atoms with Gasteiger partial charge in [-0.15, -0.1) is 0 Å². The van der Waals surface area contributed by atoms with E-state index in [-0.39, 0.29) is 18.0 Å². The van der Waals surface area contributed by atoms with E-state index in [0.29, 0.717) is 39.3 Å². The highest BCUT2D eigenvalue weighted by Gasteiger charge is 2.28. The van der Waals surface area contributed by atoms with Gasteiger partial charge in [-0.1, -0.05) is 6.92 Å². The fourth-order valence-electron chi connectivity index (χ4n) is 2.36. The van der Waals surface area contributed by atoms with Crippen molar-refractivity contribution in [2.24, 2.45) is 0 Å². The van der Waals surface area contributed by atoms with Gasteiger partial charge in [-0.05, 0) is 6.42 Å². The fourth-order valence-corrected chi connectivity index (χ4v) is 2.36. The predicted octanol–water partition coefficient (Wildman–Crippen LogP) is 0.0391. The highest BCUT2D eigenvalue weighted by Crippen LogP contribution is 2.11. The Kier molecular flexibility index (Phi) is 4.41. The van der Waals surface area contributed by atoms with Crippen LogP contribution in [0.3, 0.4) is 0 Å². The number of carbonyl (C=O) groups excluding carboxylic acids is 2. The maximum absolute atomic E-state index is 12.0. The quantitative estimate of drug-likeness (QED) is 0.758. The SMILES string of the molecule is CCC(=O)N1CCC(NC(=O)N2CCOCC2)C1. The first-order valence-corrected chi connectivity index (χ1v) is 6.61. The highest BCUT2D eigenvalue weighted by atomic mass is 16.5. The molecule has 2 fully saturated rings. The van der Waals surface area contributed by atoms with Crippen LogP contribution in [0.5, 0.6) is 0 Å². The van der Waals surface area contributed by atoms with Gasteiger partial charge >= 0.3 is 6.03 Å². The average Bonchev–Trinajstić information content (AvgIpc) is 2.87. The van der Waals surface area contributed by atoms with Crippen molar-refractivity contribution in [2.75, 3.05) is 39.4 Å². The van der Waals surface area contributed by atoms with Crippen molar-refractivity contribution in [3.8, 4) is 0 Å². The van der Waals surface area contributed by atoms with Gasteiger partial charge in [-0.2, -0.15) is 0 Å². The minimum absolute atomic E-state index is 0.0332. The molecule has 0 aromatic heterocycles. The van der Waals surface area contributed by atoms with Crippen LogP contribution < -0.4 is 5.32 Å². The Morgan fingerprint density at radius 1 is 1.22 bits per heavy atom. The number of rotatable bonds is 2. The van der Waals surface area contributed by atoms with Crippen molar-refractivity contribution in [1.82, 2.24) is 15.1 Å². The van der Waals surface area contributed by atoms with E-state index in [1.54, 1.807) is 4.90 Å².